The summed E-state index contributed by atoms with van der Waals surface area (Å²) in [5.41, 5.74) is 5.14. The van der Waals surface area contributed by atoms with E-state index in [1.807, 2.05) is 25.6 Å². The third kappa shape index (κ3) is 3.14. The van der Waals surface area contributed by atoms with Crippen LogP contribution in [-0.4, -0.2) is 30.0 Å². The van der Waals surface area contributed by atoms with Crippen LogP contribution in [0.3, 0.4) is 0 Å². The highest BCUT2D eigenvalue weighted by Crippen LogP contribution is 2.39. The van der Waals surface area contributed by atoms with Gasteiger partial charge in [-0.2, -0.15) is 11.8 Å². The second-order valence-corrected chi connectivity index (χ2v) is 6.64. The van der Waals surface area contributed by atoms with E-state index in [9.17, 15) is 4.79 Å². The van der Waals surface area contributed by atoms with E-state index in [0.29, 0.717) is 6.54 Å². The SMILES string of the molecule is CSC1(CNC(=O)C(C)(C)CN)CCCC1. The van der Waals surface area contributed by atoms with Gasteiger partial charge in [0.2, 0.25) is 5.91 Å². The molecular weight excluding hydrogens is 220 g/mol. The fraction of sp³-hybridized carbons (Fsp3) is 0.917. The number of thioether (sulfide) groups is 1. The number of carbonyl (C=O) groups excluding carboxylic acids is 1. The summed E-state index contributed by atoms with van der Waals surface area (Å²) in [6, 6.07) is 0. The molecule has 1 fully saturated rings. The molecule has 1 rings (SSSR count). The quantitative estimate of drug-likeness (QED) is 0.775. The second kappa shape index (κ2) is 5.41. The first-order valence-electron chi connectivity index (χ1n) is 5.99. The van der Waals surface area contributed by atoms with Crippen LogP contribution >= 0.6 is 11.8 Å². The number of hydrogen-bond acceptors (Lipinski definition) is 3. The summed E-state index contributed by atoms with van der Waals surface area (Å²) < 4.78 is 0.278. The van der Waals surface area contributed by atoms with Crippen LogP contribution in [0.15, 0.2) is 0 Å². The Hall–Kier alpha value is -0.220. The maximum Gasteiger partial charge on any atom is 0.226 e. The molecule has 0 radical (unpaired) electrons. The van der Waals surface area contributed by atoms with Crippen LogP contribution in [0.25, 0.3) is 0 Å². The van der Waals surface area contributed by atoms with Gasteiger partial charge in [-0.05, 0) is 32.9 Å². The zero-order valence-corrected chi connectivity index (χ0v) is 11.5. The minimum Gasteiger partial charge on any atom is -0.354 e. The van der Waals surface area contributed by atoms with Crippen LogP contribution in [-0.2, 0) is 4.79 Å². The fourth-order valence-corrected chi connectivity index (χ4v) is 2.96. The minimum atomic E-state index is -0.446. The van der Waals surface area contributed by atoms with Crippen LogP contribution in [0.2, 0.25) is 0 Å². The first kappa shape index (κ1) is 13.8. The molecule has 0 aromatic rings. The Balaban J connectivity index is 2.47. The number of hydrogen-bond donors (Lipinski definition) is 2. The predicted octanol–water partition coefficient (Wildman–Crippen LogP) is 1.76. The van der Waals surface area contributed by atoms with Crippen molar-refractivity contribution in [2.24, 2.45) is 11.1 Å². The Bertz CT molecular complexity index is 247. The highest BCUT2D eigenvalue weighted by atomic mass is 32.2. The Morgan fingerprint density at radius 1 is 1.44 bits per heavy atom. The summed E-state index contributed by atoms with van der Waals surface area (Å²) in [6.45, 7) is 4.97. The molecule has 1 aliphatic rings. The molecule has 4 heteroatoms. The highest BCUT2D eigenvalue weighted by Gasteiger charge is 2.35. The van der Waals surface area contributed by atoms with Gasteiger partial charge < -0.3 is 11.1 Å². The number of nitrogens with two attached hydrogens (primary N) is 1. The maximum absolute atomic E-state index is 11.9. The van der Waals surface area contributed by atoms with Crippen molar-refractivity contribution in [2.75, 3.05) is 19.3 Å². The first-order chi connectivity index (χ1) is 7.46. The van der Waals surface area contributed by atoms with E-state index in [1.54, 1.807) is 0 Å². The van der Waals surface area contributed by atoms with Gasteiger partial charge in [0.25, 0.3) is 0 Å². The van der Waals surface area contributed by atoms with E-state index < -0.39 is 5.41 Å². The standard InChI is InChI=1S/C12H24N2OS/c1-11(2,8-13)10(15)14-9-12(16-3)6-4-5-7-12/h4-9,13H2,1-3H3,(H,14,15). The molecule has 16 heavy (non-hydrogen) atoms. The molecular formula is C12H24N2OS. The summed E-state index contributed by atoms with van der Waals surface area (Å²) >= 11 is 1.89. The fourth-order valence-electron chi connectivity index (χ4n) is 2.05. The molecule has 3 nitrogen and oxygen atoms in total. The molecule has 0 aliphatic heterocycles. The van der Waals surface area contributed by atoms with E-state index in [0.717, 1.165) is 6.54 Å². The van der Waals surface area contributed by atoms with E-state index in [4.69, 9.17) is 5.73 Å². The van der Waals surface area contributed by atoms with E-state index in [2.05, 4.69) is 11.6 Å². The molecule has 0 spiro atoms. The van der Waals surface area contributed by atoms with Gasteiger partial charge in [0, 0.05) is 17.8 Å². The summed E-state index contributed by atoms with van der Waals surface area (Å²) in [5, 5.41) is 3.07. The Morgan fingerprint density at radius 2 is 2.00 bits per heavy atom. The number of carbonyl (C=O) groups is 1. The molecule has 94 valence electrons. The van der Waals surface area contributed by atoms with Gasteiger partial charge in [-0.15, -0.1) is 0 Å². The third-order valence-corrected chi connectivity index (χ3v) is 5.06. The lowest BCUT2D eigenvalue weighted by atomic mass is 9.92. The van der Waals surface area contributed by atoms with Crippen molar-refractivity contribution in [3.8, 4) is 0 Å². The third-order valence-electron chi connectivity index (χ3n) is 3.64. The zero-order chi connectivity index (χ0) is 12.2. The summed E-state index contributed by atoms with van der Waals surface area (Å²) in [4.78, 5) is 11.9. The smallest absolute Gasteiger partial charge is 0.226 e. The lowest BCUT2D eigenvalue weighted by Gasteiger charge is -2.29. The van der Waals surface area contributed by atoms with Crippen molar-refractivity contribution in [1.29, 1.82) is 0 Å². The largest absolute Gasteiger partial charge is 0.354 e. The number of rotatable bonds is 5. The highest BCUT2D eigenvalue weighted by molar-refractivity contribution is 8.00. The minimum absolute atomic E-state index is 0.0790. The molecule has 0 heterocycles. The molecule has 1 saturated carbocycles. The molecule has 0 bridgehead atoms. The summed E-state index contributed by atoms with van der Waals surface area (Å²) in [7, 11) is 0. The molecule has 1 aliphatic carbocycles. The normalized spacial score (nSPS) is 19.8. The van der Waals surface area contributed by atoms with Crippen LogP contribution in [0, 0.1) is 5.41 Å². The van der Waals surface area contributed by atoms with Gasteiger partial charge in [-0.3, -0.25) is 4.79 Å². The summed E-state index contributed by atoms with van der Waals surface area (Å²) in [5.74, 6) is 0.0790. The lowest BCUT2D eigenvalue weighted by molar-refractivity contribution is -0.128. The van der Waals surface area contributed by atoms with E-state index in [1.165, 1.54) is 25.7 Å². The monoisotopic (exact) mass is 244 g/mol. The molecule has 1 amide bonds. The van der Waals surface area contributed by atoms with Crippen molar-refractivity contribution in [2.45, 2.75) is 44.3 Å². The van der Waals surface area contributed by atoms with Crippen molar-refractivity contribution in [3.05, 3.63) is 0 Å². The van der Waals surface area contributed by atoms with Gasteiger partial charge in [-0.1, -0.05) is 12.8 Å². The topological polar surface area (TPSA) is 55.1 Å². The Morgan fingerprint density at radius 3 is 2.44 bits per heavy atom. The van der Waals surface area contributed by atoms with Gasteiger partial charge >= 0.3 is 0 Å². The molecule has 0 atom stereocenters. The van der Waals surface area contributed by atoms with Crippen LogP contribution < -0.4 is 11.1 Å². The van der Waals surface area contributed by atoms with E-state index in [-0.39, 0.29) is 10.7 Å². The molecule has 0 saturated heterocycles. The molecule has 3 N–H and O–H groups in total. The summed E-state index contributed by atoms with van der Waals surface area (Å²) in [6.07, 6.45) is 7.16. The van der Waals surface area contributed by atoms with Crippen molar-refractivity contribution < 1.29 is 4.79 Å². The zero-order valence-electron chi connectivity index (χ0n) is 10.6. The van der Waals surface area contributed by atoms with E-state index >= 15 is 0 Å². The molecule has 0 aromatic carbocycles. The predicted molar refractivity (Wildman–Crippen MR) is 70.6 cm³/mol. The Labute approximate surface area is 103 Å². The Kier molecular flexibility index (Phi) is 4.68. The van der Waals surface area contributed by atoms with Gasteiger partial charge in [0.15, 0.2) is 0 Å². The average molecular weight is 244 g/mol. The van der Waals surface area contributed by atoms with Crippen LogP contribution in [0.5, 0.6) is 0 Å². The molecule has 0 aromatic heterocycles. The van der Waals surface area contributed by atoms with Gasteiger partial charge in [0.1, 0.15) is 0 Å². The second-order valence-electron chi connectivity index (χ2n) is 5.36. The number of nitrogens with one attached hydrogen (secondary N) is 1. The number of amides is 1. The first-order valence-corrected chi connectivity index (χ1v) is 7.22. The van der Waals surface area contributed by atoms with Crippen molar-refractivity contribution >= 4 is 17.7 Å². The van der Waals surface area contributed by atoms with Crippen molar-refractivity contribution in [1.82, 2.24) is 5.32 Å². The van der Waals surface area contributed by atoms with Gasteiger partial charge in [0.05, 0.1) is 5.41 Å². The van der Waals surface area contributed by atoms with Crippen LogP contribution in [0.4, 0.5) is 0 Å². The van der Waals surface area contributed by atoms with Gasteiger partial charge in [-0.25, -0.2) is 0 Å². The molecule has 0 unspecified atom stereocenters. The van der Waals surface area contributed by atoms with Crippen LogP contribution in [0.1, 0.15) is 39.5 Å². The maximum atomic E-state index is 11.9. The lowest BCUT2D eigenvalue weighted by Crippen LogP contribution is -2.46. The van der Waals surface area contributed by atoms with Crippen molar-refractivity contribution in [3.63, 3.8) is 0 Å². The average Bonchev–Trinajstić information content (AvgIpc) is 2.75.